The van der Waals surface area contributed by atoms with Gasteiger partial charge in [-0.15, -0.1) is 0 Å². The highest BCUT2D eigenvalue weighted by Gasteiger charge is 2.15. The fraction of sp³-hybridized carbons (Fsp3) is 0.136. The first-order valence-corrected chi connectivity index (χ1v) is 10.0. The molecule has 1 amide bonds. The summed E-state index contributed by atoms with van der Waals surface area (Å²) in [7, 11) is 0. The van der Waals surface area contributed by atoms with E-state index in [1.807, 2.05) is 31.2 Å². The molecule has 0 aliphatic heterocycles. The van der Waals surface area contributed by atoms with Crippen molar-refractivity contribution in [3.63, 3.8) is 0 Å². The summed E-state index contributed by atoms with van der Waals surface area (Å²) in [5.41, 5.74) is 4.00. The highest BCUT2D eigenvalue weighted by Crippen LogP contribution is 2.27. The number of hydrogen-bond donors (Lipinski definition) is 1. The summed E-state index contributed by atoms with van der Waals surface area (Å²) >= 11 is 1.08. The summed E-state index contributed by atoms with van der Waals surface area (Å²) in [6, 6.07) is 14.4. The van der Waals surface area contributed by atoms with Gasteiger partial charge in [0.25, 0.3) is 5.56 Å². The smallest absolute Gasteiger partial charge is 0.273 e. The molecule has 2 aromatic heterocycles. The van der Waals surface area contributed by atoms with Crippen molar-refractivity contribution in [1.29, 1.82) is 0 Å². The second-order valence-corrected chi connectivity index (χ2v) is 7.71. The van der Waals surface area contributed by atoms with Crippen LogP contribution in [0.5, 0.6) is 0 Å². The van der Waals surface area contributed by atoms with Crippen molar-refractivity contribution in [2.45, 2.75) is 20.4 Å². The number of benzene rings is 2. The molecule has 8 heteroatoms. The van der Waals surface area contributed by atoms with Gasteiger partial charge in [0, 0.05) is 16.8 Å². The van der Waals surface area contributed by atoms with Crippen LogP contribution < -0.4 is 10.9 Å². The molecule has 1 N–H and O–H groups in total. The third-order valence-corrected chi connectivity index (χ3v) is 5.45. The number of nitrogens with zero attached hydrogens (tertiary/aromatic N) is 3. The number of aromatic nitrogens is 3. The minimum atomic E-state index is -0.364. The van der Waals surface area contributed by atoms with Crippen LogP contribution >= 0.6 is 11.5 Å². The molecule has 4 aromatic rings. The van der Waals surface area contributed by atoms with Gasteiger partial charge in [-0.3, -0.25) is 19.0 Å². The molecule has 0 saturated heterocycles. The van der Waals surface area contributed by atoms with Gasteiger partial charge in [-0.25, -0.2) is 4.98 Å². The second-order valence-electron chi connectivity index (χ2n) is 6.94. The normalized spacial score (nSPS) is 10.9. The molecular formula is C22H18N4O3S. The molecule has 0 saturated carbocycles. The molecule has 0 bridgehead atoms. The van der Waals surface area contributed by atoms with Gasteiger partial charge in [-0.1, -0.05) is 23.8 Å². The van der Waals surface area contributed by atoms with E-state index < -0.39 is 0 Å². The molecule has 30 heavy (non-hydrogen) atoms. The van der Waals surface area contributed by atoms with Crippen LogP contribution in [0, 0.1) is 6.92 Å². The lowest BCUT2D eigenvalue weighted by atomic mass is 10.1. The molecule has 0 spiro atoms. The predicted octanol–water partition coefficient (Wildman–Crippen LogP) is 3.67. The van der Waals surface area contributed by atoms with Crippen LogP contribution in [0.15, 0.2) is 59.7 Å². The zero-order chi connectivity index (χ0) is 21.3. The molecule has 0 radical (unpaired) electrons. The van der Waals surface area contributed by atoms with Gasteiger partial charge in [-0.2, -0.15) is 4.37 Å². The molecule has 2 heterocycles. The van der Waals surface area contributed by atoms with Crippen molar-refractivity contribution in [3.8, 4) is 11.3 Å². The van der Waals surface area contributed by atoms with E-state index in [2.05, 4.69) is 14.7 Å². The molecule has 0 unspecified atom stereocenters. The Hall–Kier alpha value is -3.65. The third-order valence-electron chi connectivity index (χ3n) is 4.63. The van der Waals surface area contributed by atoms with Crippen LogP contribution in [-0.2, 0) is 11.3 Å². The summed E-state index contributed by atoms with van der Waals surface area (Å²) in [5, 5.41) is 2.72. The molecule has 7 nitrogen and oxygen atoms in total. The van der Waals surface area contributed by atoms with Crippen LogP contribution in [-0.4, -0.2) is 25.6 Å². The number of anilines is 1. The number of carbonyl (C=O) groups excluding carboxylic acids is 2. The van der Waals surface area contributed by atoms with Crippen LogP contribution in [0.25, 0.3) is 21.5 Å². The monoisotopic (exact) mass is 418 g/mol. The van der Waals surface area contributed by atoms with Gasteiger partial charge in [0.15, 0.2) is 5.78 Å². The van der Waals surface area contributed by atoms with Crippen LogP contribution in [0.2, 0.25) is 0 Å². The van der Waals surface area contributed by atoms with E-state index >= 15 is 0 Å². The number of hydrogen-bond acceptors (Lipinski definition) is 6. The molecule has 0 aliphatic rings. The first-order chi connectivity index (χ1) is 14.4. The molecule has 0 atom stereocenters. The van der Waals surface area contributed by atoms with Gasteiger partial charge in [0.2, 0.25) is 5.91 Å². The molecule has 2 aromatic carbocycles. The maximum absolute atomic E-state index is 12.8. The van der Waals surface area contributed by atoms with Gasteiger partial charge in [-0.05, 0) is 55.7 Å². The number of ketones is 1. The Balaban J connectivity index is 1.56. The zero-order valence-corrected chi connectivity index (χ0v) is 17.2. The summed E-state index contributed by atoms with van der Waals surface area (Å²) < 4.78 is 6.09. The SMILES string of the molecule is CC(=O)c1ccc(NC(=O)Cn2cnc3c(-c4cccc(C)c4)nsc3c2=O)cc1. The van der Waals surface area contributed by atoms with Crippen molar-refractivity contribution in [3.05, 3.63) is 76.3 Å². The quantitative estimate of drug-likeness (QED) is 0.499. The Kier molecular flexibility index (Phi) is 5.24. The maximum atomic E-state index is 12.8. The van der Waals surface area contributed by atoms with Crippen molar-refractivity contribution in [1.82, 2.24) is 13.9 Å². The Bertz CT molecular complexity index is 1320. The van der Waals surface area contributed by atoms with E-state index in [-0.39, 0.29) is 23.8 Å². The number of carbonyl (C=O) groups is 2. The van der Waals surface area contributed by atoms with Crippen molar-refractivity contribution in [2.75, 3.05) is 5.32 Å². The molecule has 4 rings (SSSR count). The Morgan fingerprint density at radius 3 is 2.60 bits per heavy atom. The van der Waals surface area contributed by atoms with Crippen LogP contribution in [0.4, 0.5) is 5.69 Å². The highest BCUT2D eigenvalue weighted by molar-refractivity contribution is 7.13. The lowest BCUT2D eigenvalue weighted by Crippen LogP contribution is -2.27. The molecule has 0 aliphatic carbocycles. The average Bonchev–Trinajstić information content (AvgIpc) is 3.15. The van der Waals surface area contributed by atoms with Crippen molar-refractivity contribution < 1.29 is 9.59 Å². The molecular weight excluding hydrogens is 400 g/mol. The predicted molar refractivity (Wildman–Crippen MR) is 117 cm³/mol. The average molecular weight is 418 g/mol. The van der Waals surface area contributed by atoms with E-state index in [0.29, 0.717) is 27.2 Å². The van der Waals surface area contributed by atoms with E-state index in [0.717, 1.165) is 22.7 Å². The number of Topliss-reactive ketones (excluding diaryl/α,β-unsaturated/α-hetero) is 1. The van der Waals surface area contributed by atoms with Crippen LogP contribution in [0.1, 0.15) is 22.8 Å². The van der Waals surface area contributed by atoms with E-state index in [9.17, 15) is 14.4 Å². The highest BCUT2D eigenvalue weighted by atomic mass is 32.1. The Morgan fingerprint density at radius 2 is 1.90 bits per heavy atom. The molecule has 0 fully saturated rings. The lowest BCUT2D eigenvalue weighted by Gasteiger charge is -2.08. The summed E-state index contributed by atoms with van der Waals surface area (Å²) in [5.74, 6) is -0.411. The second kappa shape index (κ2) is 8.00. The number of nitrogens with one attached hydrogen (secondary N) is 1. The standard InChI is InChI=1S/C22H18N4O3S/c1-13-4-3-5-16(10-13)19-20-21(30-25-19)22(29)26(12-23-20)11-18(28)24-17-8-6-15(7-9-17)14(2)27/h3-10,12H,11H2,1-2H3,(H,24,28). The Labute approximate surface area is 176 Å². The summed E-state index contributed by atoms with van der Waals surface area (Å²) in [6.45, 7) is 3.30. The fourth-order valence-corrected chi connectivity index (χ4v) is 3.90. The van der Waals surface area contributed by atoms with Gasteiger partial charge >= 0.3 is 0 Å². The van der Waals surface area contributed by atoms with Crippen molar-refractivity contribution >= 4 is 39.1 Å². The number of aryl methyl sites for hydroxylation is 1. The molecule has 150 valence electrons. The van der Waals surface area contributed by atoms with E-state index in [4.69, 9.17) is 0 Å². The largest absolute Gasteiger partial charge is 0.325 e. The fourth-order valence-electron chi connectivity index (χ4n) is 3.09. The first-order valence-electron chi connectivity index (χ1n) is 9.25. The number of rotatable bonds is 5. The first kappa shape index (κ1) is 19.7. The third kappa shape index (κ3) is 3.90. The maximum Gasteiger partial charge on any atom is 0.273 e. The van der Waals surface area contributed by atoms with Gasteiger partial charge in [0.1, 0.15) is 22.5 Å². The minimum absolute atomic E-state index is 0.0478. The topological polar surface area (TPSA) is 93.9 Å². The van der Waals surface area contributed by atoms with Crippen LogP contribution in [0.3, 0.4) is 0 Å². The van der Waals surface area contributed by atoms with Crippen molar-refractivity contribution in [2.24, 2.45) is 0 Å². The zero-order valence-electron chi connectivity index (χ0n) is 16.4. The lowest BCUT2D eigenvalue weighted by molar-refractivity contribution is -0.116. The van der Waals surface area contributed by atoms with E-state index in [1.54, 1.807) is 24.3 Å². The minimum Gasteiger partial charge on any atom is -0.325 e. The number of fused-ring (bicyclic) bond motifs is 1. The van der Waals surface area contributed by atoms with Gasteiger partial charge in [0.05, 0.1) is 6.33 Å². The van der Waals surface area contributed by atoms with E-state index in [1.165, 1.54) is 17.8 Å². The van der Waals surface area contributed by atoms with Gasteiger partial charge < -0.3 is 5.32 Å². The number of amides is 1. The summed E-state index contributed by atoms with van der Waals surface area (Å²) in [6.07, 6.45) is 1.37. The summed E-state index contributed by atoms with van der Waals surface area (Å²) in [4.78, 5) is 40.9. The Morgan fingerprint density at radius 1 is 1.13 bits per heavy atom.